The molecule has 0 bridgehead atoms. The van der Waals surface area contributed by atoms with Crippen molar-refractivity contribution in [2.75, 3.05) is 11.4 Å². The van der Waals surface area contributed by atoms with Gasteiger partial charge in [-0.25, -0.2) is 13.1 Å². The maximum atomic E-state index is 13.1. The number of piperidine rings is 1. The first-order chi connectivity index (χ1) is 15.6. The summed E-state index contributed by atoms with van der Waals surface area (Å²) in [7, 11) is -3.68. The highest BCUT2D eigenvalue weighted by atomic mass is 35.5. The van der Waals surface area contributed by atoms with Gasteiger partial charge in [0.15, 0.2) is 0 Å². The van der Waals surface area contributed by atoms with Crippen molar-refractivity contribution in [2.45, 2.75) is 36.6 Å². The minimum absolute atomic E-state index is 0.114. The van der Waals surface area contributed by atoms with Crippen molar-refractivity contribution in [3.05, 3.63) is 85.3 Å². The third-order valence-electron chi connectivity index (χ3n) is 5.84. The van der Waals surface area contributed by atoms with Crippen molar-refractivity contribution in [1.29, 1.82) is 0 Å². The standard InChI is InChI=1S/C23H21Cl5N2O2S/c24-15-3-1-14(2-4-15)23-13-19(7-8-30(23)22-6-5-16(25)12-21(22)28)29-33(31,32)20-10-17(26)9-18(27)11-20/h1-6,9-10,12,19-20,23,29H,7-8,11,13H2. The van der Waals surface area contributed by atoms with Crippen LogP contribution in [0.4, 0.5) is 5.69 Å². The fraction of sp³-hybridized carbons (Fsp3) is 0.304. The first-order valence-electron chi connectivity index (χ1n) is 10.3. The van der Waals surface area contributed by atoms with E-state index < -0.39 is 15.3 Å². The molecule has 4 nitrogen and oxygen atoms in total. The van der Waals surface area contributed by atoms with E-state index in [1.54, 1.807) is 18.2 Å². The number of rotatable bonds is 5. The molecule has 2 aliphatic rings. The Bertz CT molecular complexity index is 1200. The molecule has 1 N–H and O–H groups in total. The van der Waals surface area contributed by atoms with E-state index in [1.165, 1.54) is 6.08 Å². The Morgan fingerprint density at radius 3 is 2.30 bits per heavy atom. The molecule has 1 heterocycles. The summed E-state index contributed by atoms with van der Waals surface area (Å²) in [6.45, 7) is 0.601. The molecular formula is C23H21Cl5N2O2S. The van der Waals surface area contributed by atoms with Crippen LogP contribution in [0.5, 0.6) is 0 Å². The van der Waals surface area contributed by atoms with Gasteiger partial charge in [-0.05, 0) is 60.9 Å². The van der Waals surface area contributed by atoms with Crippen molar-refractivity contribution in [1.82, 2.24) is 4.72 Å². The number of anilines is 1. The summed E-state index contributed by atoms with van der Waals surface area (Å²) < 4.78 is 29.1. The lowest BCUT2D eigenvalue weighted by Crippen LogP contribution is -2.48. The number of halogens is 5. The molecule has 0 amide bonds. The molecule has 0 saturated carbocycles. The smallest absolute Gasteiger partial charge is 0.218 e. The van der Waals surface area contributed by atoms with Gasteiger partial charge in [0, 0.05) is 39.1 Å². The number of benzene rings is 2. The van der Waals surface area contributed by atoms with Gasteiger partial charge in [0.25, 0.3) is 0 Å². The van der Waals surface area contributed by atoms with Gasteiger partial charge < -0.3 is 4.90 Å². The Hall–Kier alpha value is -0.920. The fourth-order valence-electron chi connectivity index (χ4n) is 4.28. The quantitative estimate of drug-likeness (QED) is 0.413. The first-order valence-corrected chi connectivity index (χ1v) is 13.8. The monoisotopic (exact) mass is 564 g/mol. The van der Waals surface area contributed by atoms with Crippen molar-refractivity contribution in [3.8, 4) is 0 Å². The second-order valence-corrected chi connectivity index (χ2v) is 12.3. The van der Waals surface area contributed by atoms with Gasteiger partial charge in [0.2, 0.25) is 10.0 Å². The van der Waals surface area contributed by atoms with Crippen molar-refractivity contribution in [2.24, 2.45) is 0 Å². The molecule has 1 fully saturated rings. The van der Waals surface area contributed by atoms with Crippen LogP contribution in [-0.2, 0) is 10.0 Å². The van der Waals surface area contributed by atoms with Crippen LogP contribution in [0, 0.1) is 0 Å². The zero-order valence-electron chi connectivity index (χ0n) is 17.3. The highest BCUT2D eigenvalue weighted by Crippen LogP contribution is 2.40. The molecule has 0 aromatic heterocycles. The molecule has 0 spiro atoms. The molecule has 176 valence electrons. The predicted octanol–water partition coefficient (Wildman–Crippen LogP) is 7.29. The SMILES string of the molecule is O=S(=O)(NC1CCN(c2ccc(Cl)cc2Cl)C(c2ccc(Cl)cc2)C1)C1C=C(Cl)C=C(Cl)C1. The van der Waals surface area contributed by atoms with Gasteiger partial charge in [-0.15, -0.1) is 0 Å². The Morgan fingerprint density at radius 1 is 0.939 bits per heavy atom. The van der Waals surface area contributed by atoms with Crippen LogP contribution < -0.4 is 9.62 Å². The highest BCUT2D eigenvalue weighted by molar-refractivity contribution is 7.90. The van der Waals surface area contributed by atoms with Crippen LogP contribution in [0.25, 0.3) is 0 Å². The summed E-state index contributed by atoms with van der Waals surface area (Å²) in [4.78, 5) is 2.18. The largest absolute Gasteiger partial charge is 0.363 e. The second-order valence-electron chi connectivity index (χ2n) is 8.13. The second kappa shape index (κ2) is 10.4. The average Bonchev–Trinajstić information content (AvgIpc) is 2.74. The predicted molar refractivity (Wildman–Crippen MR) is 139 cm³/mol. The molecule has 4 rings (SSSR count). The molecule has 3 unspecified atom stereocenters. The van der Waals surface area contributed by atoms with Crippen LogP contribution >= 0.6 is 58.0 Å². The van der Waals surface area contributed by atoms with Crippen molar-refractivity contribution in [3.63, 3.8) is 0 Å². The lowest BCUT2D eigenvalue weighted by Gasteiger charge is -2.42. The maximum Gasteiger partial charge on any atom is 0.218 e. The van der Waals surface area contributed by atoms with Gasteiger partial charge in [0.1, 0.15) is 0 Å². The molecule has 2 aromatic carbocycles. The third-order valence-corrected chi connectivity index (χ3v) is 8.89. The van der Waals surface area contributed by atoms with E-state index in [-0.39, 0.29) is 18.5 Å². The number of hydrogen-bond donors (Lipinski definition) is 1. The Morgan fingerprint density at radius 2 is 1.64 bits per heavy atom. The normalized spacial score (nSPS) is 23.8. The third kappa shape index (κ3) is 6.02. The van der Waals surface area contributed by atoms with Crippen LogP contribution in [0.2, 0.25) is 15.1 Å². The number of nitrogens with zero attached hydrogens (tertiary/aromatic N) is 1. The van der Waals surface area contributed by atoms with E-state index in [0.717, 1.165) is 11.3 Å². The van der Waals surface area contributed by atoms with E-state index in [1.807, 2.05) is 30.3 Å². The van der Waals surface area contributed by atoms with Gasteiger partial charge in [-0.2, -0.15) is 0 Å². The Balaban J connectivity index is 1.60. The zero-order valence-corrected chi connectivity index (χ0v) is 21.9. The van der Waals surface area contributed by atoms with Crippen molar-refractivity contribution >= 4 is 73.7 Å². The summed E-state index contributed by atoms with van der Waals surface area (Å²) >= 11 is 30.9. The molecule has 1 aliphatic carbocycles. The van der Waals surface area contributed by atoms with E-state index in [9.17, 15) is 8.42 Å². The topological polar surface area (TPSA) is 49.4 Å². The first kappa shape index (κ1) is 25.2. The van der Waals surface area contributed by atoms with E-state index >= 15 is 0 Å². The lowest BCUT2D eigenvalue weighted by molar-refractivity contribution is 0.394. The van der Waals surface area contributed by atoms with Gasteiger partial charge >= 0.3 is 0 Å². The highest BCUT2D eigenvalue weighted by Gasteiger charge is 2.35. The summed E-state index contributed by atoms with van der Waals surface area (Å²) in [5, 5.41) is 1.68. The van der Waals surface area contributed by atoms with Crippen LogP contribution in [0.3, 0.4) is 0 Å². The average molecular weight is 567 g/mol. The van der Waals surface area contributed by atoms with Gasteiger partial charge in [0.05, 0.1) is 22.0 Å². The summed E-state index contributed by atoms with van der Waals surface area (Å²) in [6, 6.07) is 12.6. The Labute approximate surface area is 219 Å². The minimum atomic E-state index is -3.68. The number of allylic oxidation sites excluding steroid dienone is 3. The zero-order chi connectivity index (χ0) is 23.8. The van der Waals surface area contributed by atoms with Crippen LogP contribution in [0.1, 0.15) is 30.9 Å². The van der Waals surface area contributed by atoms with Gasteiger partial charge in [-0.3, -0.25) is 0 Å². The maximum absolute atomic E-state index is 13.1. The molecule has 1 saturated heterocycles. The lowest BCUT2D eigenvalue weighted by atomic mass is 9.91. The molecule has 2 aromatic rings. The van der Waals surface area contributed by atoms with Gasteiger partial charge in [-0.1, -0.05) is 70.1 Å². The molecule has 33 heavy (non-hydrogen) atoms. The van der Waals surface area contributed by atoms with Crippen LogP contribution in [-0.4, -0.2) is 26.3 Å². The summed E-state index contributed by atoms with van der Waals surface area (Å²) in [5.74, 6) is 0. The molecule has 3 atom stereocenters. The molecule has 0 radical (unpaired) electrons. The summed E-state index contributed by atoms with van der Waals surface area (Å²) in [5.41, 5.74) is 1.86. The number of hydrogen-bond acceptors (Lipinski definition) is 3. The van der Waals surface area contributed by atoms with Crippen molar-refractivity contribution < 1.29 is 8.42 Å². The van der Waals surface area contributed by atoms with E-state index in [4.69, 9.17) is 58.0 Å². The Kier molecular flexibility index (Phi) is 7.91. The minimum Gasteiger partial charge on any atom is -0.363 e. The van der Waals surface area contributed by atoms with Crippen LogP contribution in [0.15, 0.2) is 64.7 Å². The number of nitrogens with one attached hydrogen (secondary N) is 1. The molecule has 10 heteroatoms. The van der Waals surface area contributed by atoms with E-state index in [2.05, 4.69) is 9.62 Å². The summed E-state index contributed by atoms with van der Waals surface area (Å²) in [6.07, 6.45) is 4.45. The number of sulfonamides is 1. The molecular weight excluding hydrogens is 546 g/mol. The fourth-order valence-corrected chi connectivity index (χ4v) is 7.29. The van der Waals surface area contributed by atoms with E-state index in [0.29, 0.717) is 44.5 Å². The molecule has 1 aliphatic heterocycles.